The first-order chi connectivity index (χ1) is 11.8. The van der Waals surface area contributed by atoms with Crippen molar-refractivity contribution >= 4 is 14.7 Å². The Balaban J connectivity index is 0.00000243. The Morgan fingerprint density at radius 3 is 2.11 bits per heavy atom. The topological polar surface area (TPSA) is 0 Å². The van der Waals surface area contributed by atoms with Crippen molar-refractivity contribution in [1.29, 1.82) is 0 Å². The molecule has 0 bridgehead atoms. The summed E-state index contributed by atoms with van der Waals surface area (Å²) in [6.45, 7) is 11.8. The van der Waals surface area contributed by atoms with Crippen LogP contribution in [0.15, 0.2) is 69.2 Å². The van der Waals surface area contributed by atoms with Gasteiger partial charge in [-0.1, -0.05) is 0 Å². The van der Waals surface area contributed by atoms with Gasteiger partial charge in [-0.05, 0) is 0 Å². The van der Waals surface area contributed by atoms with Gasteiger partial charge in [0.1, 0.15) is 0 Å². The molecule has 2 unspecified atom stereocenters. The fraction of sp³-hybridized carbons (Fsp3) is 0.391. The van der Waals surface area contributed by atoms with Gasteiger partial charge in [-0.15, -0.1) is 0 Å². The van der Waals surface area contributed by atoms with Crippen LogP contribution in [0.3, 0.4) is 0 Å². The van der Waals surface area contributed by atoms with Gasteiger partial charge in [0, 0.05) is 0 Å². The van der Waals surface area contributed by atoms with E-state index in [9.17, 15) is 0 Å². The molecule has 0 nitrogen and oxygen atoms in total. The summed E-state index contributed by atoms with van der Waals surface area (Å²) in [6, 6.07) is 9.06. The normalized spacial score (nSPS) is 26.4. The molecule has 28 heavy (non-hydrogen) atoms. The molecule has 2 atom stereocenters. The van der Waals surface area contributed by atoms with E-state index in [1.54, 1.807) is 14.6 Å². The molecule has 0 aliphatic heterocycles. The molecule has 0 amide bonds. The second kappa shape index (κ2) is 10.8. The van der Waals surface area contributed by atoms with Crippen LogP contribution in [0.4, 0.5) is 0 Å². The molecule has 150 valence electrons. The van der Waals surface area contributed by atoms with Crippen molar-refractivity contribution < 1.29 is 57.7 Å². The van der Waals surface area contributed by atoms with Gasteiger partial charge in [-0.3, -0.25) is 0 Å². The van der Waals surface area contributed by atoms with E-state index in [1.165, 1.54) is 23.1 Å². The molecule has 0 spiro atoms. The van der Waals surface area contributed by atoms with E-state index < -0.39 is 9.52 Å². The van der Waals surface area contributed by atoms with Crippen LogP contribution in [0.1, 0.15) is 46.1 Å². The molecule has 1 aromatic rings. The van der Waals surface area contributed by atoms with Crippen LogP contribution in [-0.2, 0) is 20.4 Å². The molecule has 0 radical (unpaired) electrons. The first-order valence-electron chi connectivity index (χ1n) is 9.29. The van der Waals surface area contributed by atoms with Gasteiger partial charge in [0.15, 0.2) is 0 Å². The summed E-state index contributed by atoms with van der Waals surface area (Å²) < 4.78 is 1.64. The molecular weight excluding hydrogens is 459 g/mol. The molecule has 0 fully saturated rings. The maximum absolute atomic E-state index is 2.45. The van der Waals surface area contributed by atoms with Crippen LogP contribution >= 0.6 is 0 Å². The molecule has 0 saturated heterocycles. The molecule has 5 heteroatoms. The third kappa shape index (κ3) is 5.17. The molecule has 2 aliphatic carbocycles. The zero-order valence-corrected chi connectivity index (χ0v) is 22.6. The van der Waals surface area contributed by atoms with E-state index in [0.29, 0.717) is 0 Å². The Kier molecular flexibility index (Phi) is 10.8. The molecule has 0 N–H and O–H groups in total. The van der Waals surface area contributed by atoms with Crippen LogP contribution in [0.25, 0.3) is 0 Å². The summed E-state index contributed by atoms with van der Waals surface area (Å²) in [5.41, 5.74) is 6.45. The van der Waals surface area contributed by atoms with Crippen LogP contribution < -0.4 is 42.4 Å². The van der Waals surface area contributed by atoms with E-state index in [4.69, 9.17) is 0 Å². The number of allylic oxidation sites excluding steroid dienone is 8. The van der Waals surface area contributed by atoms with Crippen LogP contribution in [0.5, 0.6) is 0 Å². The van der Waals surface area contributed by atoms with E-state index in [1.807, 2.05) is 0 Å². The fourth-order valence-electron chi connectivity index (χ4n) is 4.60. The smallest absolute Gasteiger partial charge is 1.00 e. The van der Waals surface area contributed by atoms with Gasteiger partial charge in [0.2, 0.25) is 0 Å². The van der Waals surface area contributed by atoms with Gasteiger partial charge in [0.05, 0.1) is 0 Å². The number of hydrogen-bond donors (Lipinski definition) is 0. The SMILES string of the molecule is CC1=C(C)C(CC2(C)C=CC=CC2)([SiH2]c2ccccc2C)[C]([Ti+3])=C1C.[Cl-].[Cl-].[Cl-]. The Hall–Kier alpha value is -0.0188. The van der Waals surface area contributed by atoms with E-state index in [0.717, 1.165) is 6.42 Å². The van der Waals surface area contributed by atoms with Crippen LogP contribution in [0, 0.1) is 12.3 Å². The van der Waals surface area contributed by atoms with Crippen molar-refractivity contribution in [1.82, 2.24) is 0 Å². The Morgan fingerprint density at radius 1 is 0.964 bits per heavy atom. The second-order valence-corrected chi connectivity index (χ2v) is 11.4. The van der Waals surface area contributed by atoms with Gasteiger partial charge in [0.25, 0.3) is 0 Å². The maximum Gasteiger partial charge on any atom is -1.00 e. The summed E-state index contributed by atoms with van der Waals surface area (Å²) in [5, 5.41) is 1.91. The Morgan fingerprint density at radius 2 is 1.61 bits per heavy atom. The number of aryl methyl sites for hydroxylation is 1. The van der Waals surface area contributed by atoms with Crippen molar-refractivity contribution in [3.63, 3.8) is 0 Å². The fourth-order valence-corrected chi connectivity index (χ4v) is 8.71. The van der Waals surface area contributed by atoms with E-state index >= 15 is 0 Å². The molecule has 0 aromatic heterocycles. The second-order valence-electron chi connectivity index (χ2n) is 8.26. The van der Waals surface area contributed by atoms with Crippen molar-refractivity contribution in [2.45, 2.75) is 52.5 Å². The molecule has 1 aromatic carbocycles. The predicted molar refractivity (Wildman–Crippen MR) is 109 cm³/mol. The number of rotatable bonds is 4. The predicted octanol–water partition coefficient (Wildman–Crippen LogP) is -3.96. The molecule has 0 saturated carbocycles. The van der Waals surface area contributed by atoms with Gasteiger partial charge in [-0.2, -0.15) is 0 Å². The number of benzene rings is 1. The van der Waals surface area contributed by atoms with Crippen LogP contribution in [0.2, 0.25) is 5.04 Å². The molecule has 0 heterocycles. The largest absolute Gasteiger partial charge is 1.00 e. The third-order valence-corrected chi connectivity index (χ3v) is 11.3. The van der Waals surface area contributed by atoms with Crippen molar-refractivity contribution in [2.75, 3.05) is 0 Å². The Bertz CT molecular complexity index is 799. The third-order valence-electron chi connectivity index (χ3n) is 6.49. The first-order valence-corrected chi connectivity index (χ1v) is 11.5. The quantitative estimate of drug-likeness (QED) is 0.381. The van der Waals surface area contributed by atoms with E-state index in [2.05, 4.69) is 104 Å². The van der Waals surface area contributed by atoms with Gasteiger partial charge < -0.3 is 37.2 Å². The summed E-state index contributed by atoms with van der Waals surface area (Å²) >= 11 is 2.41. The van der Waals surface area contributed by atoms with E-state index in [-0.39, 0.29) is 47.7 Å². The van der Waals surface area contributed by atoms with Gasteiger partial charge in [-0.25, -0.2) is 0 Å². The molecular formula is C23H29Cl3SiTi. The minimum Gasteiger partial charge on any atom is -1.00 e. The minimum absolute atomic E-state index is 0. The van der Waals surface area contributed by atoms with Crippen molar-refractivity contribution in [2.24, 2.45) is 5.41 Å². The monoisotopic (exact) mass is 486 g/mol. The summed E-state index contributed by atoms with van der Waals surface area (Å²) in [7, 11) is -0.485. The number of halogens is 3. The summed E-state index contributed by atoms with van der Waals surface area (Å²) in [5.74, 6) is 0. The Labute approximate surface area is 203 Å². The molecule has 2 aliphatic rings. The summed E-state index contributed by atoms with van der Waals surface area (Å²) in [6.07, 6.45) is 11.6. The average molecular weight is 488 g/mol. The average Bonchev–Trinajstić information content (AvgIpc) is 2.74. The first kappa shape index (κ1) is 28.0. The maximum atomic E-state index is 2.45. The van der Waals surface area contributed by atoms with Crippen molar-refractivity contribution in [3.8, 4) is 0 Å². The molecule has 3 rings (SSSR count). The van der Waals surface area contributed by atoms with Gasteiger partial charge >= 0.3 is 168 Å². The minimum atomic E-state index is -0.485. The zero-order chi connectivity index (χ0) is 18.2. The standard InChI is InChI=1S/C23H29Si.3ClH.Ti/c1-17-11-7-8-12-21(17)24-23(15-18(2)19(3)20(23)4)16-22(5)13-9-6-10-14-22;;;;/h6-13H,14,16,24H2,1-5H3;3*1H;/q;;;;+3/p-3. The van der Waals surface area contributed by atoms with Crippen LogP contribution in [-0.4, -0.2) is 9.52 Å². The zero-order valence-electron chi connectivity index (χ0n) is 17.4. The van der Waals surface area contributed by atoms with Crippen molar-refractivity contribution in [3.05, 3.63) is 74.7 Å². The number of hydrogen-bond acceptors (Lipinski definition) is 0. The summed E-state index contributed by atoms with van der Waals surface area (Å²) in [4.78, 5) is 0.